The fraction of sp³-hybridized carbons (Fsp3) is 0.500. The van der Waals surface area contributed by atoms with Crippen molar-refractivity contribution < 1.29 is 17.7 Å². The van der Waals surface area contributed by atoms with E-state index >= 15 is 0 Å². The third-order valence-electron chi connectivity index (χ3n) is 1.79. The lowest BCUT2D eigenvalue weighted by Gasteiger charge is -2.04. The highest BCUT2D eigenvalue weighted by Gasteiger charge is 2.07. The quantitative estimate of drug-likeness (QED) is 0.735. The molecule has 7 heteroatoms. The third-order valence-corrected chi connectivity index (χ3v) is 2.59. The second-order valence-corrected chi connectivity index (χ2v) is 4.52. The number of aromatic nitrogens is 2. The second kappa shape index (κ2) is 5.04. The SMILES string of the molecule is COc1ncncc1CCCS(=O)(=O)O. The van der Waals surface area contributed by atoms with Gasteiger partial charge < -0.3 is 4.74 Å². The molecule has 0 aromatic carbocycles. The molecule has 1 rings (SSSR count). The monoisotopic (exact) mass is 232 g/mol. The molecule has 0 saturated carbocycles. The Hall–Kier alpha value is -1.21. The Morgan fingerprint density at radius 2 is 2.27 bits per heavy atom. The fourth-order valence-corrected chi connectivity index (χ4v) is 1.66. The van der Waals surface area contributed by atoms with Crippen LogP contribution >= 0.6 is 0 Å². The van der Waals surface area contributed by atoms with E-state index in [-0.39, 0.29) is 5.75 Å². The molecule has 0 aliphatic heterocycles. The predicted molar refractivity (Wildman–Crippen MR) is 53.3 cm³/mol. The lowest BCUT2D eigenvalue weighted by atomic mass is 10.2. The summed E-state index contributed by atoms with van der Waals surface area (Å²) in [4.78, 5) is 7.67. The van der Waals surface area contributed by atoms with Crippen molar-refractivity contribution in [3.05, 3.63) is 18.1 Å². The smallest absolute Gasteiger partial charge is 0.264 e. The Morgan fingerprint density at radius 1 is 1.53 bits per heavy atom. The van der Waals surface area contributed by atoms with Crippen LogP contribution in [-0.4, -0.2) is 35.8 Å². The molecule has 0 aliphatic rings. The van der Waals surface area contributed by atoms with Crippen LogP contribution in [0, 0.1) is 0 Å². The van der Waals surface area contributed by atoms with Gasteiger partial charge in [0.2, 0.25) is 5.88 Å². The molecule has 0 saturated heterocycles. The lowest BCUT2D eigenvalue weighted by Crippen LogP contribution is -2.05. The molecule has 0 unspecified atom stereocenters. The number of ether oxygens (including phenoxy) is 1. The van der Waals surface area contributed by atoms with Crippen molar-refractivity contribution in [2.24, 2.45) is 0 Å². The van der Waals surface area contributed by atoms with E-state index in [4.69, 9.17) is 9.29 Å². The van der Waals surface area contributed by atoms with Gasteiger partial charge >= 0.3 is 0 Å². The summed E-state index contributed by atoms with van der Waals surface area (Å²) in [6.45, 7) is 0. The summed E-state index contributed by atoms with van der Waals surface area (Å²) in [5.74, 6) is 0.158. The van der Waals surface area contributed by atoms with E-state index in [0.717, 1.165) is 5.56 Å². The Bertz CT molecular complexity index is 418. The molecule has 1 heterocycles. The van der Waals surface area contributed by atoms with Crippen molar-refractivity contribution in [3.8, 4) is 5.88 Å². The van der Waals surface area contributed by atoms with Gasteiger partial charge in [-0.2, -0.15) is 8.42 Å². The minimum absolute atomic E-state index is 0.273. The minimum Gasteiger partial charge on any atom is -0.481 e. The Morgan fingerprint density at radius 3 is 2.87 bits per heavy atom. The highest BCUT2D eigenvalue weighted by Crippen LogP contribution is 2.14. The Labute approximate surface area is 88.1 Å². The van der Waals surface area contributed by atoms with E-state index in [2.05, 4.69) is 9.97 Å². The molecule has 1 aromatic heterocycles. The molecule has 0 amide bonds. The van der Waals surface area contributed by atoms with Gasteiger partial charge in [-0.15, -0.1) is 0 Å². The van der Waals surface area contributed by atoms with Crippen molar-refractivity contribution in [2.45, 2.75) is 12.8 Å². The first-order chi connectivity index (χ1) is 7.03. The number of hydrogen-bond acceptors (Lipinski definition) is 5. The molecule has 0 aliphatic carbocycles. The van der Waals surface area contributed by atoms with E-state index in [1.54, 1.807) is 6.20 Å². The largest absolute Gasteiger partial charge is 0.481 e. The zero-order chi connectivity index (χ0) is 11.3. The van der Waals surface area contributed by atoms with Gasteiger partial charge in [0.1, 0.15) is 6.33 Å². The van der Waals surface area contributed by atoms with Crippen molar-refractivity contribution in [1.29, 1.82) is 0 Å². The first-order valence-electron chi connectivity index (χ1n) is 4.31. The van der Waals surface area contributed by atoms with Crippen molar-refractivity contribution in [2.75, 3.05) is 12.9 Å². The zero-order valence-electron chi connectivity index (χ0n) is 8.25. The molecular weight excluding hydrogens is 220 g/mol. The van der Waals surface area contributed by atoms with Gasteiger partial charge in [0, 0.05) is 11.8 Å². The number of aryl methyl sites for hydroxylation is 1. The van der Waals surface area contributed by atoms with Crippen LogP contribution in [-0.2, 0) is 16.5 Å². The fourth-order valence-electron chi connectivity index (χ4n) is 1.15. The van der Waals surface area contributed by atoms with Gasteiger partial charge in [0.25, 0.3) is 10.1 Å². The van der Waals surface area contributed by atoms with E-state index in [0.29, 0.717) is 18.7 Å². The highest BCUT2D eigenvalue weighted by molar-refractivity contribution is 7.85. The van der Waals surface area contributed by atoms with Crippen LogP contribution in [0.3, 0.4) is 0 Å². The second-order valence-electron chi connectivity index (χ2n) is 2.95. The van der Waals surface area contributed by atoms with Crippen LogP contribution < -0.4 is 4.74 Å². The van der Waals surface area contributed by atoms with Crippen molar-refractivity contribution in [3.63, 3.8) is 0 Å². The van der Waals surface area contributed by atoms with E-state index in [1.165, 1.54) is 13.4 Å². The average Bonchev–Trinajstić information content (AvgIpc) is 2.16. The number of hydrogen-bond donors (Lipinski definition) is 1. The maximum Gasteiger partial charge on any atom is 0.264 e. The standard InChI is InChI=1S/C8H12N2O4S/c1-14-8-7(5-9-6-10-8)3-2-4-15(11,12)13/h5-6H,2-4H2,1H3,(H,11,12,13). The highest BCUT2D eigenvalue weighted by atomic mass is 32.2. The number of nitrogens with zero attached hydrogens (tertiary/aromatic N) is 2. The zero-order valence-corrected chi connectivity index (χ0v) is 9.07. The first kappa shape index (κ1) is 11.9. The molecule has 0 spiro atoms. The summed E-state index contributed by atoms with van der Waals surface area (Å²) >= 11 is 0. The van der Waals surface area contributed by atoms with Gasteiger partial charge in [0.05, 0.1) is 12.9 Å². The van der Waals surface area contributed by atoms with Crippen LogP contribution in [0.15, 0.2) is 12.5 Å². The van der Waals surface area contributed by atoms with E-state index in [1.807, 2.05) is 0 Å². The van der Waals surface area contributed by atoms with Gasteiger partial charge in [0.15, 0.2) is 0 Å². The molecule has 0 atom stereocenters. The molecule has 1 N–H and O–H groups in total. The first-order valence-corrected chi connectivity index (χ1v) is 5.92. The molecule has 0 bridgehead atoms. The van der Waals surface area contributed by atoms with Crippen LogP contribution in [0.4, 0.5) is 0 Å². The van der Waals surface area contributed by atoms with E-state index in [9.17, 15) is 8.42 Å². The maximum absolute atomic E-state index is 10.5. The summed E-state index contributed by atoms with van der Waals surface area (Å²) in [5, 5.41) is 0. The molecule has 84 valence electrons. The lowest BCUT2D eigenvalue weighted by molar-refractivity contribution is 0.390. The minimum atomic E-state index is -3.90. The average molecular weight is 232 g/mol. The van der Waals surface area contributed by atoms with Crippen molar-refractivity contribution >= 4 is 10.1 Å². The van der Waals surface area contributed by atoms with Crippen molar-refractivity contribution in [1.82, 2.24) is 9.97 Å². The molecule has 0 radical (unpaired) electrons. The van der Waals surface area contributed by atoms with Gasteiger partial charge in [-0.25, -0.2) is 9.97 Å². The molecule has 1 aromatic rings. The van der Waals surface area contributed by atoms with Crippen LogP contribution in [0.5, 0.6) is 5.88 Å². The Balaban J connectivity index is 2.58. The molecule has 0 fully saturated rings. The number of rotatable bonds is 5. The van der Waals surface area contributed by atoms with Gasteiger partial charge in [-0.3, -0.25) is 4.55 Å². The summed E-state index contributed by atoms with van der Waals surface area (Å²) in [7, 11) is -2.41. The molecule has 15 heavy (non-hydrogen) atoms. The van der Waals surface area contributed by atoms with E-state index < -0.39 is 10.1 Å². The van der Waals surface area contributed by atoms with Crippen LogP contribution in [0.1, 0.15) is 12.0 Å². The summed E-state index contributed by atoms with van der Waals surface area (Å²) in [6, 6.07) is 0. The summed E-state index contributed by atoms with van der Waals surface area (Å²) in [5.41, 5.74) is 0.726. The molecular formula is C8H12N2O4S. The Kier molecular flexibility index (Phi) is 3.98. The summed E-state index contributed by atoms with van der Waals surface area (Å²) < 4.78 is 34.4. The topological polar surface area (TPSA) is 89.4 Å². The van der Waals surface area contributed by atoms with Crippen LogP contribution in [0.2, 0.25) is 0 Å². The summed E-state index contributed by atoms with van der Waals surface area (Å²) in [6.07, 6.45) is 3.67. The predicted octanol–water partition coefficient (Wildman–Crippen LogP) is 0.306. The van der Waals surface area contributed by atoms with Gasteiger partial charge in [-0.05, 0) is 12.8 Å². The molecule has 6 nitrogen and oxygen atoms in total. The normalized spacial score (nSPS) is 11.3. The van der Waals surface area contributed by atoms with Gasteiger partial charge in [-0.1, -0.05) is 0 Å². The van der Waals surface area contributed by atoms with Crippen LogP contribution in [0.25, 0.3) is 0 Å². The number of methoxy groups -OCH3 is 1. The third kappa shape index (κ3) is 4.22. The maximum atomic E-state index is 10.5.